The van der Waals surface area contributed by atoms with Crippen molar-refractivity contribution in [3.63, 3.8) is 0 Å². The molecule has 0 fully saturated rings. The van der Waals surface area contributed by atoms with Crippen LogP contribution in [0.1, 0.15) is 5.56 Å². The van der Waals surface area contributed by atoms with Gasteiger partial charge in [-0.3, -0.25) is 0 Å². The molecule has 0 bridgehead atoms. The standard InChI is InChI=1S/C13H10ClN3S/c1-9-5-4-6-10(14)13(9)18-12-8-3-2-7-11(12)16-17-15/h2-8H,1H3. The second-order valence-electron chi connectivity index (χ2n) is 3.65. The van der Waals surface area contributed by atoms with Gasteiger partial charge in [0.15, 0.2) is 0 Å². The Balaban J connectivity index is 2.43. The van der Waals surface area contributed by atoms with Crippen molar-refractivity contribution in [3.8, 4) is 0 Å². The summed E-state index contributed by atoms with van der Waals surface area (Å²) >= 11 is 7.70. The van der Waals surface area contributed by atoms with Gasteiger partial charge in [-0.1, -0.05) is 58.8 Å². The summed E-state index contributed by atoms with van der Waals surface area (Å²) in [7, 11) is 0. The second kappa shape index (κ2) is 5.83. The van der Waals surface area contributed by atoms with Crippen LogP contribution in [-0.2, 0) is 0 Å². The molecule has 0 heterocycles. The number of benzene rings is 2. The molecule has 2 aromatic rings. The zero-order valence-corrected chi connectivity index (χ0v) is 11.2. The summed E-state index contributed by atoms with van der Waals surface area (Å²) in [5.41, 5.74) is 10.3. The molecule has 0 aliphatic rings. The Bertz CT molecular complexity index is 601. The van der Waals surface area contributed by atoms with Crippen LogP contribution in [0.2, 0.25) is 5.02 Å². The van der Waals surface area contributed by atoms with Gasteiger partial charge in [0.1, 0.15) is 0 Å². The SMILES string of the molecule is Cc1cccc(Cl)c1Sc1ccccc1N=[N+]=[N-]. The van der Waals surface area contributed by atoms with Crippen molar-refractivity contribution in [2.75, 3.05) is 0 Å². The van der Waals surface area contributed by atoms with E-state index < -0.39 is 0 Å². The zero-order chi connectivity index (χ0) is 13.0. The summed E-state index contributed by atoms with van der Waals surface area (Å²) in [6.45, 7) is 2.00. The fraction of sp³-hybridized carbons (Fsp3) is 0.0769. The summed E-state index contributed by atoms with van der Waals surface area (Å²) in [6, 6.07) is 13.2. The summed E-state index contributed by atoms with van der Waals surface area (Å²) in [4.78, 5) is 4.71. The number of nitrogens with zero attached hydrogens (tertiary/aromatic N) is 3. The first kappa shape index (κ1) is 12.8. The maximum absolute atomic E-state index is 8.54. The normalized spacial score (nSPS) is 9.89. The third-order valence-corrected chi connectivity index (χ3v) is 4.13. The van der Waals surface area contributed by atoms with Gasteiger partial charge in [0.2, 0.25) is 0 Å². The molecule has 18 heavy (non-hydrogen) atoms. The molecule has 5 heteroatoms. The van der Waals surface area contributed by atoms with Crippen LogP contribution in [0.5, 0.6) is 0 Å². The maximum Gasteiger partial charge on any atom is 0.0548 e. The van der Waals surface area contributed by atoms with E-state index in [9.17, 15) is 0 Å². The molecule has 2 aromatic carbocycles. The Labute approximate surface area is 114 Å². The van der Waals surface area contributed by atoms with E-state index in [-0.39, 0.29) is 0 Å². The highest BCUT2D eigenvalue weighted by Gasteiger charge is 2.08. The minimum absolute atomic E-state index is 0.615. The van der Waals surface area contributed by atoms with Gasteiger partial charge in [-0.15, -0.1) is 0 Å². The highest BCUT2D eigenvalue weighted by Crippen LogP contribution is 2.39. The summed E-state index contributed by atoms with van der Waals surface area (Å²) in [5.74, 6) is 0. The number of azide groups is 1. The van der Waals surface area contributed by atoms with E-state index in [1.54, 1.807) is 6.07 Å². The van der Waals surface area contributed by atoms with E-state index in [1.807, 2.05) is 43.3 Å². The molecule has 0 aliphatic heterocycles. The zero-order valence-electron chi connectivity index (χ0n) is 9.67. The maximum atomic E-state index is 8.54. The highest BCUT2D eigenvalue weighted by molar-refractivity contribution is 7.99. The van der Waals surface area contributed by atoms with Gasteiger partial charge in [-0.25, -0.2) is 0 Å². The third-order valence-electron chi connectivity index (χ3n) is 2.39. The monoisotopic (exact) mass is 275 g/mol. The molecule has 0 saturated carbocycles. The second-order valence-corrected chi connectivity index (χ2v) is 5.10. The minimum Gasteiger partial charge on any atom is -0.0878 e. The molecular weight excluding hydrogens is 266 g/mol. The van der Waals surface area contributed by atoms with Crippen LogP contribution in [-0.4, -0.2) is 0 Å². The molecule has 0 aliphatic carbocycles. The fourth-order valence-corrected chi connectivity index (χ4v) is 2.84. The average Bonchev–Trinajstić information content (AvgIpc) is 2.36. The molecule has 0 radical (unpaired) electrons. The first-order chi connectivity index (χ1) is 8.72. The topological polar surface area (TPSA) is 48.8 Å². The lowest BCUT2D eigenvalue weighted by molar-refractivity contribution is 1.28. The van der Waals surface area contributed by atoms with Gasteiger partial charge < -0.3 is 0 Å². The van der Waals surface area contributed by atoms with Crippen molar-refractivity contribution in [1.29, 1.82) is 0 Å². The van der Waals surface area contributed by atoms with E-state index in [2.05, 4.69) is 10.0 Å². The van der Waals surface area contributed by atoms with Crippen LogP contribution in [0.15, 0.2) is 57.4 Å². The smallest absolute Gasteiger partial charge is 0.0548 e. The van der Waals surface area contributed by atoms with Crippen molar-refractivity contribution in [3.05, 3.63) is 63.5 Å². The van der Waals surface area contributed by atoms with Crippen LogP contribution in [0.3, 0.4) is 0 Å². The number of aryl methyl sites for hydroxylation is 1. The lowest BCUT2D eigenvalue weighted by atomic mass is 10.2. The molecule has 3 nitrogen and oxygen atoms in total. The number of rotatable bonds is 3. The Kier molecular flexibility index (Phi) is 4.15. The quantitative estimate of drug-likeness (QED) is 0.400. The fourth-order valence-electron chi connectivity index (χ4n) is 1.53. The third kappa shape index (κ3) is 2.79. The van der Waals surface area contributed by atoms with Gasteiger partial charge in [-0.05, 0) is 30.2 Å². The van der Waals surface area contributed by atoms with Crippen molar-refractivity contribution in [1.82, 2.24) is 0 Å². The summed E-state index contributed by atoms with van der Waals surface area (Å²) < 4.78 is 0. The molecule has 0 saturated heterocycles. The van der Waals surface area contributed by atoms with Gasteiger partial charge in [0, 0.05) is 14.7 Å². The van der Waals surface area contributed by atoms with Crippen LogP contribution in [0.25, 0.3) is 10.4 Å². The number of halogens is 1. The molecule has 0 aromatic heterocycles. The molecule has 2 rings (SSSR count). The number of hydrogen-bond acceptors (Lipinski definition) is 2. The lowest BCUT2D eigenvalue weighted by Crippen LogP contribution is -1.81. The Morgan fingerprint density at radius 3 is 2.67 bits per heavy atom. The largest absolute Gasteiger partial charge is 0.0878 e. The number of hydrogen-bond donors (Lipinski definition) is 0. The van der Waals surface area contributed by atoms with Gasteiger partial charge >= 0.3 is 0 Å². The predicted octanol–water partition coefficient (Wildman–Crippen LogP) is 5.74. The highest BCUT2D eigenvalue weighted by atomic mass is 35.5. The molecule has 0 unspecified atom stereocenters. The van der Waals surface area contributed by atoms with E-state index in [4.69, 9.17) is 17.1 Å². The van der Waals surface area contributed by atoms with Gasteiger partial charge in [-0.2, -0.15) is 0 Å². The Hall–Kier alpha value is -1.61. The summed E-state index contributed by atoms with van der Waals surface area (Å²) in [6.07, 6.45) is 0. The van der Waals surface area contributed by atoms with Crippen molar-refractivity contribution >= 4 is 29.1 Å². The molecule has 0 spiro atoms. The van der Waals surface area contributed by atoms with Gasteiger partial charge in [0.05, 0.1) is 10.7 Å². The molecule has 0 N–H and O–H groups in total. The van der Waals surface area contributed by atoms with Crippen LogP contribution < -0.4 is 0 Å². The molecule has 90 valence electrons. The van der Waals surface area contributed by atoms with Crippen LogP contribution in [0, 0.1) is 6.92 Å². The summed E-state index contributed by atoms with van der Waals surface area (Å²) in [5, 5.41) is 4.38. The van der Waals surface area contributed by atoms with E-state index >= 15 is 0 Å². The van der Waals surface area contributed by atoms with E-state index in [0.29, 0.717) is 10.7 Å². The van der Waals surface area contributed by atoms with Crippen molar-refractivity contribution in [2.45, 2.75) is 16.7 Å². The van der Waals surface area contributed by atoms with Gasteiger partial charge in [0.25, 0.3) is 0 Å². The van der Waals surface area contributed by atoms with E-state index in [1.165, 1.54) is 11.8 Å². The molecule has 0 amide bonds. The van der Waals surface area contributed by atoms with Crippen LogP contribution in [0.4, 0.5) is 5.69 Å². The lowest BCUT2D eigenvalue weighted by Gasteiger charge is -2.09. The Morgan fingerprint density at radius 2 is 1.94 bits per heavy atom. The first-order valence-electron chi connectivity index (χ1n) is 5.29. The molecule has 0 atom stereocenters. The average molecular weight is 276 g/mol. The predicted molar refractivity (Wildman–Crippen MR) is 75.6 cm³/mol. The molecular formula is C13H10ClN3S. The minimum atomic E-state index is 0.615. The van der Waals surface area contributed by atoms with E-state index in [0.717, 1.165) is 15.4 Å². The Morgan fingerprint density at radius 1 is 1.17 bits per heavy atom. The van der Waals surface area contributed by atoms with Crippen LogP contribution >= 0.6 is 23.4 Å². The van der Waals surface area contributed by atoms with Crippen molar-refractivity contribution in [2.24, 2.45) is 5.11 Å². The first-order valence-corrected chi connectivity index (χ1v) is 6.49. The van der Waals surface area contributed by atoms with Crippen molar-refractivity contribution < 1.29 is 0 Å².